The van der Waals surface area contributed by atoms with Crippen LogP contribution in [0.1, 0.15) is 26.3 Å². The Morgan fingerprint density at radius 2 is 1.83 bits per heavy atom. The van der Waals surface area contributed by atoms with Crippen LogP contribution in [-0.4, -0.2) is 48.9 Å². The molecule has 0 saturated carbocycles. The molecule has 24 heavy (non-hydrogen) atoms. The Morgan fingerprint density at radius 1 is 1.17 bits per heavy atom. The van der Waals surface area contributed by atoms with Gasteiger partial charge in [0, 0.05) is 25.2 Å². The number of nitrogens with one attached hydrogen (secondary N) is 1. The fourth-order valence-electron chi connectivity index (χ4n) is 1.97. The van der Waals surface area contributed by atoms with Crippen LogP contribution in [0.15, 0.2) is 30.3 Å². The highest BCUT2D eigenvalue weighted by Crippen LogP contribution is 2.14. The maximum absolute atomic E-state index is 12.0. The van der Waals surface area contributed by atoms with Crippen molar-refractivity contribution >= 4 is 12.2 Å². The summed E-state index contributed by atoms with van der Waals surface area (Å²) in [4.78, 5) is 25.3. The van der Waals surface area contributed by atoms with Crippen molar-refractivity contribution in [2.45, 2.75) is 32.9 Å². The monoisotopic (exact) mass is 337 g/mol. The van der Waals surface area contributed by atoms with Crippen LogP contribution in [0, 0.1) is 0 Å². The topological polar surface area (TPSA) is 93.9 Å². The van der Waals surface area contributed by atoms with Crippen molar-refractivity contribution in [2.75, 3.05) is 26.2 Å². The van der Waals surface area contributed by atoms with Gasteiger partial charge in [0.2, 0.25) is 0 Å². The Morgan fingerprint density at radius 3 is 2.42 bits per heavy atom. The zero-order valence-electron chi connectivity index (χ0n) is 14.6. The van der Waals surface area contributed by atoms with Crippen LogP contribution in [-0.2, 0) is 16.1 Å². The van der Waals surface area contributed by atoms with Gasteiger partial charge in [0.1, 0.15) is 13.2 Å². The summed E-state index contributed by atoms with van der Waals surface area (Å²) in [6.07, 6.45) is -0.976. The van der Waals surface area contributed by atoms with Gasteiger partial charge in [-0.25, -0.2) is 9.59 Å². The maximum atomic E-state index is 12.0. The lowest BCUT2D eigenvalue weighted by atomic mass is 10.1. The van der Waals surface area contributed by atoms with Crippen molar-refractivity contribution in [3.8, 4) is 0 Å². The van der Waals surface area contributed by atoms with E-state index in [1.807, 2.05) is 51.1 Å². The SMILES string of the molecule is CC(C)(C)N(CCNC(=O)OCc1ccccc1)C(=O)OCCN. The van der Waals surface area contributed by atoms with Gasteiger partial charge in [0.25, 0.3) is 0 Å². The summed E-state index contributed by atoms with van der Waals surface area (Å²) in [5.74, 6) is 0. The molecule has 7 nitrogen and oxygen atoms in total. The van der Waals surface area contributed by atoms with Crippen molar-refractivity contribution in [3.63, 3.8) is 0 Å². The van der Waals surface area contributed by atoms with Crippen LogP contribution < -0.4 is 11.1 Å². The van der Waals surface area contributed by atoms with E-state index < -0.39 is 17.7 Å². The highest BCUT2D eigenvalue weighted by Gasteiger charge is 2.27. The Labute approximate surface area is 143 Å². The summed E-state index contributed by atoms with van der Waals surface area (Å²) in [7, 11) is 0. The third kappa shape index (κ3) is 7.32. The second kappa shape index (κ2) is 9.77. The second-order valence-electron chi connectivity index (χ2n) is 6.21. The van der Waals surface area contributed by atoms with Gasteiger partial charge in [-0.1, -0.05) is 30.3 Å². The first-order valence-corrected chi connectivity index (χ1v) is 7.93. The van der Waals surface area contributed by atoms with Gasteiger partial charge < -0.3 is 25.4 Å². The number of rotatable bonds is 7. The predicted molar refractivity (Wildman–Crippen MR) is 91.5 cm³/mol. The predicted octanol–water partition coefficient (Wildman–Crippen LogP) is 2.11. The summed E-state index contributed by atoms with van der Waals surface area (Å²) < 4.78 is 10.2. The molecule has 0 aliphatic carbocycles. The summed E-state index contributed by atoms with van der Waals surface area (Å²) >= 11 is 0. The number of hydrogen-bond donors (Lipinski definition) is 2. The molecule has 0 fully saturated rings. The molecule has 1 rings (SSSR count). The molecule has 3 N–H and O–H groups in total. The number of benzene rings is 1. The Balaban J connectivity index is 2.38. The van der Waals surface area contributed by atoms with Crippen molar-refractivity contribution in [1.29, 1.82) is 0 Å². The number of hydrogen-bond acceptors (Lipinski definition) is 5. The van der Waals surface area contributed by atoms with Gasteiger partial charge in [-0.15, -0.1) is 0 Å². The van der Waals surface area contributed by atoms with E-state index in [1.54, 1.807) is 4.90 Å². The molecule has 2 amide bonds. The summed E-state index contributed by atoms with van der Waals surface area (Å²) in [5, 5.41) is 2.63. The Bertz CT molecular complexity index is 514. The number of carbonyl (C=O) groups is 2. The summed E-state index contributed by atoms with van der Waals surface area (Å²) in [6, 6.07) is 9.41. The van der Waals surface area contributed by atoms with E-state index in [0.717, 1.165) is 5.56 Å². The summed E-state index contributed by atoms with van der Waals surface area (Å²) in [5.41, 5.74) is 5.82. The molecule has 1 aromatic rings. The molecule has 134 valence electrons. The van der Waals surface area contributed by atoms with Crippen LogP contribution in [0.2, 0.25) is 0 Å². The molecule has 0 unspecified atom stereocenters. The number of amides is 2. The number of carbonyl (C=O) groups excluding carboxylic acids is 2. The average Bonchev–Trinajstić information content (AvgIpc) is 2.54. The molecule has 0 atom stereocenters. The van der Waals surface area contributed by atoms with Crippen molar-refractivity contribution in [3.05, 3.63) is 35.9 Å². The van der Waals surface area contributed by atoms with Gasteiger partial charge in [0.15, 0.2) is 0 Å². The summed E-state index contributed by atoms with van der Waals surface area (Å²) in [6.45, 7) is 6.90. The van der Waals surface area contributed by atoms with Crippen molar-refractivity contribution in [2.24, 2.45) is 5.73 Å². The smallest absolute Gasteiger partial charge is 0.410 e. The maximum Gasteiger partial charge on any atom is 0.410 e. The molecule has 0 radical (unpaired) electrons. The van der Waals surface area contributed by atoms with E-state index in [-0.39, 0.29) is 26.3 Å². The average molecular weight is 337 g/mol. The molecular weight excluding hydrogens is 310 g/mol. The standard InChI is InChI=1S/C17H27N3O4/c1-17(2,3)20(16(22)23-12-9-18)11-10-19-15(21)24-13-14-7-5-4-6-8-14/h4-8H,9-13,18H2,1-3H3,(H,19,21). The minimum atomic E-state index is -0.525. The van der Waals surface area contributed by atoms with E-state index in [2.05, 4.69) is 5.32 Å². The highest BCUT2D eigenvalue weighted by molar-refractivity contribution is 5.69. The van der Waals surface area contributed by atoms with Gasteiger partial charge >= 0.3 is 12.2 Å². The largest absolute Gasteiger partial charge is 0.448 e. The molecule has 0 aromatic heterocycles. The van der Waals surface area contributed by atoms with Gasteiger partial charge in [-0.2, -0.15) is 0 Å². The fraction of sp³-hybridized carbons (Fsp3) is 0.529. The van der Waals surface area contributed by atoms with Gasteiger partial charge in [0.05, 0.1) is 0 Å². The van der Waals surface area contributed by atoms with Crippen molar-refractivity contribution in [1.82, 2.24) is 10.2 Å². The molecule has 7 heteroatoms. The molecule has 0 heterocycles. The second-order valence-corrected chi connectivity index (χ2v) is 6.21. The Hall–Kier alpha value is -2.28. The number of nitrogens with zero attached hydrogens (tertiary/aromatic N) is 1. The lowest BCUT2D eigenvalue weighted by Crippen LogP contribution is -2.49. The molecule has 1 aromatic carbocycles. The van der Waals surface area contributed by atoms with Crippen LogP contribution in [0.4, 0.5) is 9.59 Å². The minimum absolute atomic E-state index is 0.165. The highest BCUT2D eigenvalue weighted by atomic mass is 16.6. The zero-order chi connectivity index (χ0) is 18.0. The normalized spacial score (nSPS) is 10.8. The molecule has 0 spiro atoms. The third-order valence-electron chi connectivity index (χ3n) is 3.19. The zero-order valence-corrected chi connectivity index (χ0v) is 14.6. The van der Waals surface area contributed by atoms with Crippen LogP contribution in [0.25, 0.3) is 0 Å². The molecule has 0 saturated heterocycles. The molecule has 0 aliphatic rings. The van der Waals surface area contributed by atoms with E-state index >= 15 is 0 Å². The van der Waals surface area contributed by atoms with E-state index in [4.69, 9.17) is 15.2 Å². The van der Waals surface area contributed by atoms with Crippen LogP contribution >= 0.6 is 0 Å². The quantitative estimate of drug-likeness (QED) is 0.795. The van der Waals surface area contributed by atoms with Gasteiger partial charge in [-0.3, -0.25) is 0 Å². The first-order chi connectivity index (χ1) is 11.3. The number of alkyl carbamates (subject to hydrolysis) is 1. The minimum Gasteiger partial charge on any atom is -0.448 e. The third-order valence-corrected chi connectivity index (χ3v) is 3.19. The first-order valence-electron chi connectivity index (χ1n) is 7.93. The van der Waals surface area contributed by atoms with E-state index in [9.17, 15) is 9.59 Å². The lowest BCUT2D eigenvalue weighted by molar-refractivity contribution is 0.0692. The first kappa shape index (κ1) is 19.8. The number of nitrogens with two attached hydrogens (primary N) is 1. The van der Waals surface area contributed by atoms with Crippen LogP contribution in [0.3, 0.4) is 0 Å². The van der Waals surface area contributed by atoms with Crippen molar-refractivity contribution < 1.29 is 19.1 Å². The van der Waals surface area contributed by atoms with E-state index in [1.165, 1.54) is 0 Å². The molecule has 0 bridgehead atoms. The van der Waals surface area contributed by atoms with Gasteiger partial charge in [-0.05, 0) is 26.3 Å². The Kier molecular flexibility index (Phi) is 8.05. The number of ether oxygens (including phenoxy) is 2. The molecule has 0 aliphatic heterocycles. The van der Waals surface area contributed by atoms with E-state index in [0.29, 0.717) is 6.54 Å². The lowest BCUT2D eigenvalue weighted by Gasteiger charge is -2.34. The fourth-order valence-corrected chi connectivity index (χ4v) is 1.97. The van der Waals surface area contributed by atoms with Crippen LogP contribution in [0.5, 0.6) is 0 Å². The molecular formula is C17H27N3O4.